The zero-order valence-corrected chi connectivity index (χ0v) is 10.6. The number of aliphatic hydroxyl groups excluding tert-OH is 1. The maximum absolute atomic E-state index is 12.2. The number of rotatable bonds is 4. The molecule has 2 rings (SSSR count). The topological polar surface area (TPSA) is 108 Å². The third-order valence-electron chi connectivity index (χ3n) is 3.08. The molecule has 1 aliphatic heterocycles. The quantitative estimate of drug-likeness (QED) is 0.450. The zero-order valence-electron chi connectivity index (χ0n) is 10.6. The van der Waals surface area contributed by atoms with Gasteiger partial charge in [0.15, 0.2) is 5.82 Å². The first-order chi connectivity index (χ1) is 9.24. The standard InChI is InChI=1S/C11H18N6O2/c12-15-10-8-13-7-9(14-10)11(19)17-3-1-16(2-4-17)5-6-18/h7-8,18H,1-6,12H2,(H,14,15). The number of nitrogens with two attached hydrogens (primary N) is 1. The van der Waals surface area contributed by atoms with Crippen molar-refractivity contribution in [3.8, 4) is 0 Å². The van der Waals surface area contributed by atoms with Gasteiger partial charge in [0, 0.05) is 32.7 Å². The van der Waals surface area contributed by atoms with Gasteiger partial charge in [-0.3, -0.25) is 14.7 Å². The number of anilines is 1. The van der Waals surface area contributed by atoms with E-state index in [1.54, 1.807) is 4.90 Å². The molecule has 0 atom stereocenters. The highest BCUT2D eigenvalue weighted by atomic mass is 16.3. The van der Waals surface area contributed by atoms with Crippen LogP contribution >= 0.6 is 0 Å². The molecule has 1 aromatic heterocycles. The maximum atomic E-state index is 12.2. The Kier molecular flexibility index (Phi) is 4.61. The van der Waals surface area contributed by atoms with Crippen LogP contribution in [0.15, 0.2) is 12.4 Å². The fourth-order valence-corrected chi connectivity index (χ4v) is 2.02. The number of carbonyl (C=O) groups is 1. The van der Waals surface area contributed by atoms with Crippen molar-refractivity contribution in [2.24, 2.45) is 5.84 Å². The Balaban J connectivity index is 1.97. The van der Waals surface area contributed by atoms with Crippen molar-refractivity contribution in [1.29, 1.82) is 0 Å². The molecule has 1 aliphatic rings. The van der Waals surface area contributed by atoms with Crippen LogP contribution in [-0.2, 0) is 0 Å². The molecule has 0 radical (unpaired) electrons. The van der Waals surface area contributed by atoms with Crippen molar-refractivity contribution >= 4 is 11.7 Å². The number of nitrogens with one attached hydrogen (secondary N) is 1. The number of carbonyl (C=O) groups excluding carboxylic acids is 1. The molecule has 2 heterocycles. The van der Waals surface area contributed by atoms with Gasteiger partial charge in [0.1, 0.15) is 5.69 Å². The molecule has 1 saturated heterocycles. The van der Waals surface area contributed by atoms with Gasteiger partial charge in [-0.25, -0.2) is 10.8 Å². The van der Waals surface area contributed by atoms with E-state index in [0.29, 0.717) is 25.5 Å². The Morgan fingerprint density at radius 2 is 2.11 bits per heavy atom. The second-order valence-corrected chi connectivity index (χ2v) is 4.29. The SMILES string of the molecule is NNc1cncc(C(=O)N2CCN(CCO)CC2)n1. The first-order valence-corrected chi connectivity index (χ1v) is 6.15. The van der Waals surface area contributed by atoms with Gasteiger partial charge in [0.05, 0.1) is 19.0 Å². The van der Waals surface area contributed by atoms with Crippen molar-refractivity contribution in [2.45, 2.75) is 0 Å². The molecular weight excluding hydrogens is 248 g/mol. The van der Waals surface area contributed by atoms with E-state index in [2.05, 4.69) is 20.3 Å². The van der Waals surface area contributed by atoms with E-state index < -0.39 is 0 Å². The van der Waals surface area contributed by atoms with Crippen molar-refractivity contribution in [2.75, 3.05) is 44.8 Å². The van der Waals surface area contributed by atoms with E-state index in [1.165, 1.54) is 12.4 Å². The highest BCUT2D eigenvalue weighted by Gasteiger charge is 2.22. The van der Waals surface area contributed by atoms with Crippen molar-refractivity contribution < 1.29 is 9.90 Å². The summed E-state index contributed by atoms with van der Waals surface area (Å²) >= 11 is 0. The largest absolute Gasteiger partial charge is 0.395 e. The number of amides is 1. The second-order valence-electron chi connectivity index (χ2n) is 4.29. The number of hydrazine groups is 1. The number of hydrogen-bond acceptors (Lipinski definition) is 7. The van der Waals surface area contributed by atoms with E-state index >= 15 is 0 Å². The molecule has 0 bridgehead atoms. The van der Waals surface area contributed by atoms with E-state index in [9.17, 15) is 4.79 Å². The summed E-state index contributed by atoms with van der Waals surface area (Å²) in [6.07, 6.45) is 2.89. The third-order valence-corrected chi connectivity index (χ3v) is 3.08. The third kappa shape index (κ3) is 3.37. The van der Waals surface area contributed by atoms with Crippen molar-refractivity contribution in [1.82, 2.24) is 19.8 Å². The molecule has 104 valence electrons. The normalized spacial score (nSPS) is 16.4. The minimum Gasteiger partial charge on any atom is -0.395 e. The van der Waals surface area contributed by atoms with E-state index in [0.717, 1.165) is 13.1 Å². The van der Waals surface area contributed by atoms with Gasteiger partial charge in [0.25, 0.3) is 5.91 Å². The Bertz CT molecular complexity index is 433. The molecule has 1 fully saturated rings. The summed E-state index contributed by atoms with van der Waals surface area (Å²) in [6, 6.07) is 0. The minimum atomic E-state index is -0.145. The van der Waals surface area contributed by atoms with E-state index in [4.69, 9.17) is 10.9 Å². The minimum absolute atomic E-state index is 0.142. The van der Waals surface area contributed by atoms with Crippen LogP contribution in [0.2, 0.25) is 0 Å². The van der Waals surface area contributed by atoms with Crippen LogP contribution in [0.3, 0.4) is 0 Å². The predicted molar refractivity (Wildman–Crippen MR) is 69.3 cm³/mol. The summed E-state index contributed by atoms with van der Waals surface area (Å²) in [4.78, 5) is 24.1. The highest BCUT2D eigenvalue weighted by Crippen LogP contribution is 2.08. The van der Waals surface area contributed by atoms with Gasteiger partial charge < -0.3 is 15.4 Å². The van der Waals surface area contributed by atoms with Crippen LogP contribution < -0.4 is 11.3 Å². The lowest BCUT2D eigenvalue weighted by atomic mass is 10.3. The van der Waals surface area contributed by atoms with Crippen molar-refractivity contribution in [3.63, 3.8) is 0 Å². The lowest BCUT2D eigenvalue weighted by Gasteiger charge is -2.34. The number of nitrogens with zero attached hydrogens (tertiary/aromatic N) is 4. The summed E-state index contributed by atoms with van der Waals surface area (Å²) in [7, 11) is 0. The molecule has 4 N–H and O–H groups in total. The number of hydrogen-bond donors (Lipinski definition) is 3. The second kappa shape index (κ2) is 6.41. The molecule has 0 aromatic carbocycles. The number of piperazine rings is 1. The van der Waals surface area contributed by atoms with Crippen LogP contribution in [0.1, 0.15) is 10.5 Å². The molecule has 0 aliphatic carbocycles. The zero-order chi connectivity index (χ0) is 13.7. The van der Waals surface area contributed by atoms with Crippen LogP contribution in [-0.4, -0.2) is 70.1 Å². The molecular formula is C11H18N6O2. The number of nitrogen functional groups attached to an aromatic ring is 1. The summed E-state index contributed by atoms with van der Waals surface area (Å²) < 4.78 is 0. The summed E-state index contributed by atoms with van der Waals surface area (Å²) in [5, 5.41) is 8.87. The van der Waals surface area contributed by atoms with Crippen LogP contribution in [0.25, 0.3) is 0 Å². The molecule has 19 heavy (non-hydrogen) atoms. The van der Waals surface area contributed by atoms with Gasteiger partial charge in [-0.05, 0) is 0 Å². The molecule has 0 saturated carbocycles. The lowest BCUT2D eigenvalue weighted by Crippen LogP contribution is -2.49. The first-order valence-electron chi connectivity index (χ1n) is 6.15. The summed E-state index contributed by atoms with van der Waals surface area (Å²) in [5.41, 5.74) is 2.65. The fraction of sp³-hybridized carbons (Fsp3) is 0.545. The molecule has 8 heteroatoms. The Morgan fingerprint density at radius 3 is 2.74 bits per heavy atom. The van der Waals surface area contributed by atoms with Gasteiger partial charge in [-0.1, -0.05) is 0 Å². The number of aliphatic hydroxyl groups is 1. The van der Waals surface area contributed by atoms with Gasteiger partial charge >= 0.3 is 0 Å². The fourth-order valence-electron chi connectivity index (χ4n) is 2.02. The molecule has 0 spiro atoms. The van der Waals surface area contributed by atoms with E-state index in [1.807, 2.05) is 0 Å². The number of aromatic nitrogens is 2. The first kappa shape index (κ1) is 13.7. The summed E-state index contributed by atoms with van der Waals surface area (Å²) in [6.45, 7) is 3.56. The van der Waals surface area contributed by atoms with E-state index in [-0.39, 0.29) is 18.2 Å². The molecule has 1 amide bonds. The van der Waals surface area contributed by atoms with Gasteiger partial charge in [0.2, 0.25) is 0 Å². The lowest BCUT2D eigenvalue weighted by molar-refractivity contribution is 0.0609. The highest BCUT2D eigenvalue weighted by molar-refractivity contribution is 5.92. The van der Waals surface area contributed by atoms with Crippen LogP contribution in [0.4, 0.5) is 5.82 Å². The summed E-state index contributed by atoms with van der Waals surface area (Å²) in [5.74, 6) is 5.46. The molecule has 8 nitrogen and oxygen atoms in total. The smallest absolute Gasteiger partial charge is 0.274 e. The Hall–Kier alpha value is -1.77. The van der Waals surface area contributed by atoms with Gasteiger partial charge in [-0.2, -0.15) is 0 Å². The van der Waals surface area contributed by atoms with Crippen LogP contribution in [0, 0.1) is 0 Å². The Morgan fingerprint density at radius 1 is 1.37 bits per heavy atom. The maximum Gasteiger partial charge on any atom is 0.274 e. The molecule has 1 aromatic rings. The average molecular weight is 266 g/mol. The Labute approximate surface area is 111 Å². The average Bonchev–Trinajstić information content (AvgIpc) is 2.48. The monoisotopic (exact) mass is 266 g/mol. The van der Waals surface area contributed by atoms with Crippen LogP contribution in [0.5, 0.6) is 0 Å². The number of β-amino-alcohol motifs (C(OH)–C–C–N with tert-alkyl or cyclic N) is 1. The van der Waals surface area contributed by atoms with Gasteiger partial charge in [-0.15, -0.1) is 0 Å². The van der Waals surface area contributed by atoms with Crippen molar-refractivity contribution in [3.05, 3.63) is 18.1 Å². The molecule has 0 unspecified atom stereocenters. The predicted octanol–water partition coefficient (Wildman–Crippen LogP) is -1.49.